The van der Waals surface area contributed by atoms with Gasteiger partial charge >= 0.3 is 0 Å². The van der Waals surface area contributed by atoms with Gasteiger partial charge in [-0.3, -0.25) is 4.79 Å². The summed E-state index contributed by atoms with van der Waals surface area (Å²) in [7, 11) is 0. The van der Waals surface area contributed by atoms with Crippen LogP contribution in [0.25, 0.3) is 10.8 Å². The topological polar surface area (TPSA) is 112 Å². The second-order valence-electron chi connectivity index (χ2n) is 7.45. The van der Waals surface area contributed by atoms with Crippen LogP contribution in [0, 0.1) is 6.92 Å². The minimum Gasteiger partial charge on any atom is -0.395 e. The van der Waals surface area contributed by atoms with Gasteiger partial charge in [-0.25, -0.2) is 9.97 Å². The second-order valence-corrected chi connectivity index (χ2v) is 7.45. The van der Waals surface area contributed by atoms with Crippen molar-refractivity contribution >= 4 is 28.2 Å². The first-order chi connectivity index (χ1) is 14.0. The van der Waals surface area contributed by atoms with Crippen molar-refractivity contribution in [1.29, 1.82) is 0 Å². The van der Waals surface area contributed by atoms with E-state index < -0.39 is 6.10 Å². The quantitative estimate of drug-likeness (QED) is 0.506. The zero-order chi connectivity index (χ0) is 20.4. The first kappa shape index (κ1) is 19.4. The highest BCUT2D eigenvalue weighted by Gasteiger charge is 2.26. The molecule has 0 unspecified atom stereocenters. The van der Waals surface area contributed by atoms with Crippen LogP contribution in [0.3, 0.4) is 0 Å². The van der Waals surface area contributed by atoms with E-state index in [0.717, 1.165) is 30.2 Å². The van der Waals surface area contributed by atoms with Crippen molar-refractivity contribution in [3.63, 3.8) is 0 Å². The fourth-order valence-corrected chi connectivity index (χ4v) is 3.78. The normalized spacial score (nSPS) is 18.9. The Kier molecular flexibility index (Phi) is 5.46. The molecule has 4 rings (SSSR count). The SMILES string of the molecule is Cc1ccnc(Nc2cc3ccn(CCO)c(=O)c3c(N[C@H]3CCC[C@H]3O)n2)c1. The van der Waals surface area contributed by atoms with Crippen molar-refractivity contribution in [3.05, 3.63) is 52.6 Å². The smallest absolute Gasteiger partial charge is 0.262 e. The van der Waals surface area contributed by atoms with Crippen LogP contribution in [0.5, 0.6) is 0 Å². The van der Waals surface area contributed by atoms with E-state index in [1.54, 1.807) is 18.5 Å². The molecule has 1 fully saturated rings. The molecule has 8 heteroatoms. The van der Waals surface area contributed by atoms with E-state index in [9.17, 15) is 15.0 Å². The van der Waals surface area contributed by atoms with Crippen LogP contribution in [0.15, 0.2) is 41.5 Å². The Morgan fingerprint density at radius 3 is 2.83 bits per heavy atom. The zero-order valence-corrected chi connectivity index (χ0v) is 16.3. The Bertz CT molecular complexity index is 1080. The molecule has 3 aromatic heterocycles. The Morgan fingerprint density at radius 1 is 1.24 bits per heavy atom. The van der Waals surface area contributed by atoms with Crippen LogP contribution in [-0.2, 0) is 6.54 Å². The molecule has 0 spiro atoms. The third kappa shape index (κ3) is 4.08. The van der Waals surface area contributed by atoms with Gasteiger partial charge in [0.05, 0.1) is 24.1 Å². The van der Waals surface area contributed by atoms with E-state index in [0.29, 0.717) is 22.8 Å². The van der Waals surface area contributed by atoms with Gasteiger partial charge in [0.25, 0.3) is 5.56 Å². The summed E-state index contributed by atoms with van der Waals surface area (Å²) >= 11 is 0. The molecular formula is C21H25N5O3. The number of pyridine rings is 3. The van der Waals surface area contributed by atoms with Crippen LogP contribution >= 0.6 is 0 Å². The lowest BCUT2D eigenvalue weighted by Gasteiger charge is -2.19. The van der Waals surface area contributed by atoms with Gasteiger partial charge in [-0.05, 0) is 61.4 Å². The summed E-state index contributed by atoms with van der Waals surface area (Å²) in [4.78, 5) is 21.9. The summed E-state index contributed by atoms with van der Waals surface area (Å²) in [6, 6.07) is 7.32. The van der Waals surface area contributed by atoms with Crippen molar-refractivity contribution in [2.45, 2.75) is 44.9 Å². The molecule has 0 saturated heterocycles. The summed E-state index contributed by atoms with van der Waals surface area (Å²) in [5, 5.41) is 27.1. The maximum absolute atomic E-state index is 13.0. The van der Waals surface area contributed by atoms with E-state index >= 15 is 0 Å². The fraction of sp³-hybridized carbons (Fsp3) is 0.381. The Morgan fingerprint density at radius 2 is 2.10 bits per heavy atom. The van der Waals surface area contributed by atoms with Gasteiger partial charge in [-0.1, -0.05) is 0 Å². The van der Waals surface area contributed by atoms with Crippen molar-refractivity contribution in [1.82, 2.24) is 14.5 Å². The molecule has 0 aromatic carbocycles. The molecule has 152 valence electrons. The van der Waals surface area contributed by atoms with Gasteiger partial charge < -0.3 is 25.4 Å². The highest BCUT2D eigenvalue weighted by Crippen LogP contribution is 2.28. The minimum atomic E-state index is -0.467. The second kappa shape index (κ2) is 8.18. The number of nitrogens with one attached hydrogen (secondary N) is 2. The highest BCUT2D eigenvalue weighted by molar-refractivity contribution is 5.93. The number of aromatic nitrogens is 3. The maximum Gasteiger partial charge on any atom is 0.262 e. The molecule has 3 aromatic rings. The van der Waals surface area contributed by atoms with E-state index in [4.69, 9.17) is 0 Å². The molecule has 29 heavy (non-hydrogen) atoms. The number of aryl methyl sites for hydroxylation is 1. The highest BCUT2D eigenvalue weighted by atomic mass is 16.3. The number of aliphatic hydroxyl groups is 2. The Labute approximate surface area is 168 Å². The summed E-state index contributed by atoms with van der Waals surface area (Å²) in [5.74, 6) is 1.66. The standard InChI is InChI=1S/C21H25N5O3/c1-13-5-7-22-17(11-13)24-18-12-14-6-8-26(9-10-27)21(29)19(14)20(25-18)23-15-3-2-4-16(15)28/h5-8,11-12,15-16,27-28H,2-4,9-10H2,1H3,(H2,22,23,24,25)/t15-,16+/m0/s1. The van der Waals surface area contributed by atoms with E-state index in [1.165, 1.54) is 4.57 Å². The van der Waals surface area contributed by atoms with Crippen LogP contribution in [-0.4, -0.2) is 43.5 Å². The molecule has 0 bridgehead atoms. The van der Waals surface area contributed by atoms with Crippen molar-refractivity contribution in [2.75, 3.05) is 17.2 Å². The molecule has 0 amide bonds. The molecule has 1 saturated carbocycles. The van der Waals surface area contributed by atoms with Crippen LogP contribution in [0.1, 0.15) is 24.8 Å². The van der Waals surface area contributed by atoms with Crippen LogP contribution in [0.4, 0.5) is 17.5 Å². The first-order valence-electron chi connectivity index (χ1n) is 9.84. The third-order valence-electron chi connectivity index (χ3n) is 5.27. The third-order valence-corrected chi connectivity index (χ3v) is 5.27. The predicted molar refractivity (Wildman–Crippen MR) is 113 cm³/mol. The number of anilines is 3. The van der Waals surface area contributed by atoms with Crippen LogP contribution in [0.2, 0.25) is 0 Å². The lowest BCUT2D eigenvalue weighted by atomic mass is 10.1. The molecule has 0 radical (unpaired) electrons. The molecule has 1 aliphatic carbocycles. The van der Waals surface area contributed by atoms with Gasteiger partial charge in [-0.2, -0.15) is 0 Å². The molecule has 0 aliphatic heterocycles. The number of fused-ring (bicyclic) bond motifs is 1. The average Bonchev–Trinajstić information content (AvgIpc) is 3.08. The van der Waals surface area contributed by atoms with E-state index in [2.05, 4.69) is 20.6 Å². The van der Waals surface area contributed by atoms with Gasteiger partial charge in [0.2, 0.25) is 0 Å². The number of hydrogen-bond acceptors (Lipinski definition) is 7. The summed E-state index contributed by atoms with van der Waals surface area (Å²) < 4.78 is 1.47. The lowest BCUT2D eigenvalue weighted by Crippen LogP contribution is -2.30. The summed E-state index contributed by atoms with van der Waals surface area (Å²) in [6.45, 7) is 2.08. The molecule has 2 atom stereocenters. The van der Waals surface area contributed by atoms with Crippen molar-refractivity contribution in [3.8, 4) is 0 Å². The largest absolute Gasteiger partial charge is 0.395 e. The predicted octanol–water partition coefficient (Wildman–Crippen LogP) is 2.16. The lowest BCUT2D eigenvalue weighted by molar-refractivity contribution is 0.171. The summed E-state index contributed by atoms with van der Waals surface area (Å²) in [5.41, 5.74) is 0.849. The van der Waals surface area contributed by atoms with Gasteiger partial charge in [0.15, 0.2) is 0 Å². The molecular weight excluding hydrogens is 370 g/mol. The summed E-state index contributed by atoms with van der Waals surface area (Å²) in [6.07, 6.45) is 5.40. The molecule has 4 N–H and O–H groups in total. The van der Waals surface area contributed by atoms with Crippen LogP contribution < -0.4 is 16.2 Å². The average molecular weight is 395 g/mol. The van der Waals surface area contributed by atoms with E-state index in [1.807, 2.05) is 25.1 Å². The Balaban J connectivity index is 1.79. The molecule has 8 nitrogen and oxygen atoms in total. The Hall–Kier alpha value is -2.97. The number of nitrogens with zero attached hydrogens (tertiary/aromatic N) is 3. The first-order valence-corrected chi connectivity index (χ1v) is 9.84. The number of aliphatic hydroxyl groups excluding tert-OH is 2. The molecule has 3 heterocycles. The van der Waals surface area contributed by atoms with E-state index in [-0.39, 0.29) is 24.8 Å². The van der Waals surface area contributed by atoms with Crippen molar-refractivity contribution in [2.24, 2.45) is 0 Å². The van der Waals surface area contributed by atoms with Gasteiger partial charge in [-0.15, -0.1) is 0 Å². The number of hydrogen-bond donors (Lipinski definition) is 4. The minimum absolute atomic E-state index is 0.123. The van der Waals surface area contributed by atoms with Gasteiger partial charge in [0.1, 0.15) is 17.5 Å². The fourth-order valence-electron chi connectivity index (χ4n) is 3.78. The van der Waals surface area contributed by atoms with Gasteiger partial charge in [0, 0.05) is 18.9 Å². The zero-order valence-electron chi connectivity index (χ0n) is 16.3. The molecule has 1 aliphatic rings. The van der Waals surface area contributed by atoms with Crippen molar-refractivity contribution < 1.29 is 10.2 Å². The number of rotatable bonds is 6. The monoisotopic (exact) mass is 395 g/mol. The maximum atomic E-state index is 13.0.